The first kappa shape index (κ1) is 19.7. The number of rotatable bonds is 6. The monoisotopic (exact) mass is 416 g/mol. The number of nitrogens with zero attached hydrogens (tertiary/aromatic N) is 1. The molecule has 1 unspecified atom stereocenters. The van der Waals surface area contributed by atoms with Crippen LogP contribution in [0.2, 0.25) is 0 Å². The molecule has 0 radical (unpaired) electrons. The smallest absolute Gasteiger partial charge is 0.266 e. The van der Waals surface area contributed by atoms with Crippen molar-refractivity contribution in [2.45, 2.75) is 62.9 Å². The summed E-state index contributed by atoms with van der Waals surface area (Å²) in [5, 5.41) is 0. The maximum Gasteiger partial charge on any atom is 0.266 e. The average Bonchev–Trinajstić information content (AvgIpc) is 3.40. The SMILES string of the molecule is O=C(NS(=O)N1CCC1)c1cc(C2CC2)c(OC2CCC(F)(F)CC2)cc1F. The number of hydrogen-bond acceptors (Lipinski definition) is 3. The minimum atomic E-state index is -2.65. The van der Waals surface area contributed by atoms with Crippen molar-refractivity contribution in [3.05, 3.63) is 29.1 Å². The Labute approximate surface area is 164 Å². The molecule has 9 heteroatoms. The lowest BCUT2D eigenvalue weighted by Gasteiger charge is -2.29. The summed E-state index contributed by atoms with van der Waals surface area (Å²) in [6.07, 6.45) is 2.32. The minimum Gasteiger partial charge on any atom is -0.490 e. The third-order valence-corrected chi connectivity index (χ3v) is 6.74. The number of hydrogen-bond donors (Lipinski definition) is 1. The molecule has 1 aromatic carbocycles. The van der Waals surface area contributed by atoms with E-state index < -0.39 is 28.8 Å². The van der Waals surface area contributed by atoms with Crippen molar-refractivity contribution < 1.29 is 26.9 Å². The number of ether oxygens (including phenoxy) is 1. The van der Waals surface area contributed by atoms with Crippen LogP contribution in [0.25, 0.3) is 0 Å². The van der Waals surface area contributed by atoms with Crippen LogP contribution in [0.4, 0.5) is 13.2 Å². The molecule has 1 aromatic rings. The number of benzene rings is 1. The predicted octanol–water partition coefficient (Wildman–Crippen LogP) is 3.67. The summed E-state index contributed by atoms with van der Waals surface area (Å²) in [5.74, 6) is -3.64. The molecule has 1 saturated heterocycles. The maximum absolute atomic E-state index is 14.6. The molecule has 3 fully saturated rings. The molecule has 1 heterocycles. The Balaban J connectivity index is 1.50. The average molecular weight is 416 g/mol. The van der Waals surface area contributed by atoms with Crippen molar-refractivity contribution >= 4 is 17.1 Å². The van der Waals surface area contributed by atoms with Crippen LogP contribution in [0.1, 0.15) is 66.8 Å². The van der Waals surface area contributed by atoms with E-state index in [9.17, 15) is 22.2 Å². The van der Waals surface area contributed by atoms with Crippen LogP contribution in [-0.4, -0.2) is 39.5 Å². The van der Waals surface area contributed by atoms with Gasteiger partial charge in [-0.1, -0.05) is 0 Å². The highest BCUT2D eigenvalue weighted by molar-refractivity contribution is 7.81. The van der Waals surface area contributed by atoms with Crippen molar-refractivity contribution in [2.24, 2.45) is 0 Å². The van der Waals surface area contributed by atoms with Gasteiger partial charge in [0.05, 0.1) is 11.7 Å². The quantitative estimate of drug-likeness (QED) is 0.770. The van der Waals surface area contributed by atoms with Gasteiger partial charge < -0.3 is 4.74 Å². The van der Waals surface area contributed by atoms with E-state index in [1.54, 1.807) is 4.31 Å². The fourth-order valence-electron chi connectivity index (χ4n) is 3.52. The van der Waals surface area contributed by atoms with Gasteiger partial charge in [0.2, 0.25) is 5.92 Å². The Hall–Kier alpha value is -1.61. The summed E-state index contributed by atoms with van der Waals surface area (Å²) in [6, 6.07) is 2.63. The Kier molecular flexibility index (Phi) is 5.39. The van der Waals surface area contributed by atoms with Crippen LogP contribution in [0.15, 0.2) is 12.1 Å². The molecule has 154 valence electrons. The van der Waals surface area contributed by atoms with Crippen molar-refractivity contribution in [2.75, 3.05) is 13.1 Å². The van der Waals surface area contributed by atoms with Gasteiger partial charge in [-0.05, 0) is 49.7 Å². The Morgan fingerprint density at radius 1 is 1.18 bits per heavy atom. The van der Waals surface area contributed by atoms with Gasteiger partial charge in [0.25, 0.3) is 5.91 Å². The van der Waals surface area contributed by atoms with E-state index in [1.165, 1.54) is 12.1 Å². The molecule has 2 aliphatic carbocycles. The first-order chi connectivity index (χ1) is 13.3. The summed E-state index contributed by atoms with van der Waals surface area (Å²) < 4.78 is 63.1. The van der Waals surface area contributed by atoms with Crippen molar-refractivity contribution in [1.29, 1.82) is 0 Å². The number of carbonyl (C=O) groups is 1. The molecule has 3 aliphatic rings. The number of halogens is 3. The van der Waals surface area contributed by atoms with Gasteiger partial charge in [-0.2, -0.15) is 0 Å². The molecule has 0 bridgehead atoms. The maximum atomic E-state index is 14.6. The van der Waals surface area contributed by atoms with Gasteiger partial charge in [-0.25, -0.2) is 21.7 Å². The van der Waals surface area contributed by atoms with E-state index >= 15 is 0 Å². The lowest BCUT2D eigenvalue weighted by molar-refractivity contribution is -0.0583. The molecular weight excluding hydrogens is 393 g/mol. The molecule has 4 rings (SSSR count). The van der Waals surface area contributed by atoms with Gasteiger partial charge in [0.1, 0.15) is 11.6 Å². The summed E-state index contributed by atoms with van der Waals surface area (Å²) in [6.45, 7) is 1.27. The van der Waals surface area contributed by atoms with E-state index in [2.05, 4.69) is 4.72 Å². The standard InChI is InChI=1S/C19H23F3N2O3S/c20-16-11-17(27-13-4-6-19(21,22)7-5-13)14(12-2-3-12)10-15(16)18(25)23-28(26)24-8-1-9-24/h10-13H,1-9H2,(H,23,25). The Morgan fingerprint density at radius 2 is 1.86 bits per heavy atom. The highest BCUT2D eigenvalue weighted by atomic mass is 32.2. The molecule has 2 saturated carbocycles. The number of nitrogens with one attached hydrogen (secondary N) is 1. The Bertz CT molecular complexity index is 787. The first-order valence-corrected chi connectivity index (χ1v) is 10.8. The van der Waals surface area contributed by atoms with Crippen LogP contribution in [0, 0.1) is 5.82 Å². The molecule has 1 atom stereocenters. The summed E-state index contributed by atoms with van der Waals surface area (Å²) in [4.78, 5) is 12.4. The third kappa shape index (κ3) is 4.35. The van der Waals surface area contributed by atoms with Crippen LogP contribution in [-0.2, 0) is 11.2 Å². The van der Waals surface area contributed by atoms with Gasteiger partial charge >= 0.3 is 0 Å². The molecule has 28 heavy (non-hydrogen) atoms. The van der Waals surface area contributed by atoms with Gasteiger partial charge in [-0.15, -0.1) is 0 Å². The second-order valence-corrected chi connectivity index (χ2v) is 9.00. The van der Waals surface area contributed by atoms with E-state index in [-0.39, 0.29) is 43.3 Å². The second kappa shape index (κ2) is 7.67. The predicted molar refractivity (Wildman–Crippen MR) is 98.0 cm³/mol. The highest BCUT2D eigenvalue weighted by Gasteiger charge is 2.37. The largest absolute Gasteiger partial charge is 0.490 e. The lowest BCUT2D eigenvalue weighted by atomic mass is 9.94. The zero-order chi connectivity index (χ0) is 19.9. The molecule has 5 nitrogen and oxygen atoms in total. The molecule has 1 aliphatic heterocycles. The molecule has 1 amide bonds. The van der Waals surface area contributed by atoms with E-state index in [1.807, 2.05) is 0 Å². The van der Waals surface area contributed by atoms with Gasteiger partial charge in [0.15, 0.2) is 11.2 Å². The Morgan fingerprint density at radius 3 is 2.43 bits per heavy atom. The molecule has 1 N–H and O–H groups in total. The summed E-state index contributed by atoms with van der Waals surface area (Å²) >= 11 is -1.67. The minimum absolute atomic E-state index is 0.168. The number of alkyl halides is 2. The van der Waals surface area contributed by atoms with Crippen molar-refractivity contribution in [3.8, 4) is 5.75 Å². The fourth-order valence-corrected chi connectivity index (χ4v) is 4.51. The topological polar surface area (TPSA) is 58.6 Å². The van der Waals surface area contributed by atoms with Crippen LogP contribution in [0.3, 0.4) is 0 Å². The summed E-state index contributed by atoms with van der Waals surface area (Å²) in [7, 11) is 0. The van der Waals surface area contributed by atoms with Gasteiger partial charge in [0, 0.05) is 32.0 Å². The lowest BCUT2D eigenvalue weighted by Crippen LogP contribution is -2.45. The zero-order valence-electron chi connectivity index (χ0n) is 15.4. The van der Waals surface area contributed by atoms with E-state index in [4.69, 9.17) is 4.74 Å². The number of amides is 1. The van der Waals surface area contributed by atoms with Crippen LogP contribution in [0.5, 0.6) is 5.75 Å². The van der Waals surface area contributed by atoms with Crippen molar-refractivity contribution in [1.82, 2.24) is 9.03 Å². The second-order valence-electron chi connectivity index (χ2n) is 7.78. The highest BCUT2D eigenvalue weighted by Crippen LogP contribution is 2.46. The number of carbonyl (C=O) groups excluding carboxylic acids is 1. The third-order valence-electron chi connectivity index (χ3n) is 5.55. The van der Waals surface area contributed by atoms with Crippen LogP contribution < -0.4 is 9.46 Å². The van der Waals surface area contributed by atoms with E-state index in [0.29, 0.717) is 18.8 Å². The van der Waals surface area contributed by atoms with Crippen LogP contribution >= 0.6 is 0 Å². The van der Waals surface area contributed by atoms with E-state index in [0.717, 1.165) is 24.8 Å². The van der Waals surface area contributed by atoms with Crippen molar-refractivity contribution in [3.63, 3.8) is 0 Å². The molecule has 0 spiro atoms. The molecular formula is C19H23F3N2O3S. The zero-order valence-corrected chi connectivity index (χ0v) is 16.2. The fraction of sp³-hybridized carbons (Fsp3) is 0.632. The van der Waals surface area contributed by atoms with Gasteiger partial charge in [-0.3, -0.25) is 9.52 Å². The molecule has 0 aromatic heterocycles. The summed E-state index contributed by atoms with van der Waals surface area (Å²) in [5.41, 5.74) is 0.553. The normalized spacial score (nSPS) is 23.7. The first-order valence-electron chi connectivity index (χ1n) is 9.68.